The van der Waals surface area contributed by atoms with Crippen LogP contribution in [0.15, 0.2) is 48.6 Å². The minimum Gasteiger partial charge on any atom is -0.379 e. The molecule has 30 heavy (non-hydrogen) atoms. The molecular weight excluding hydrogens is 427 g/mol. The second kappa shape index (κ2) is 10.3. The number of rotatable bonds is 5. The van der Waals surface area contributed by atoms with Gasteiger partial charge in [0.2, 0.25) is 0 Å². The number of allylic oxidation sites excluding steroid dienone is 2. The van der Waals surface area contributed by atoms with Crippen LogP contribution in [0, 0.1) is 0 Å². The van der Waals surface area contributed by atoms with Gasteiger partial charge in [0.25, 0.3) is 0 Å². The molecule has 0 amide bonds. The van der Waals surface area contributed by atoms with E-state index in [4.69, 9.17) is 23.2 Å². The first-order valence-corrected chi connectivity index (χ1v) is 10.9. The van der Waals surface area contributed by atoms with Gasteiger partial charge in [0, 0.05) is 24.2 Å². The maximum absolute atomic E-state index is 14.2. The van der Waals surface area contributed by atoms with Crippen molar-refractivity contribution in [3.8, 4) is 0 Å². The van der Waals surface area contributed by atoms with Crippen LogP contribution in [0.25, 0.3) is 11.0 Å². The molecule has 1 unspecified atom stereocenters. The van der Waals surface area contributed by atoms with E-state index in [9.17, 15) is 8.78 Å². The van der Waals surface area contributed by atoms with Crippen LogP contribution in [0.2, 0.25) is 10.2 Å². The molecule has 1 atom stereocenters. The minimum atomic E-state index is -2.73. The number of alkyl halides is 2. The molecule has 1 aromatic carbocycles. The maximum Gasteiger partial charge on any atom is 0.319 e. The zero-order chi connectivity index (χ0) is 21.7. The predicted octanol–water partition coefficient (Wildman–Crippen LogP) is 8.20. The molecule has 0 saturated heterocycles. The van der Waals surface area contributed by atoms with E-state index in [2.05, 4.69) is 16.4 Å². The third-order valence-corrected chi connectivity index (χ3v) is 5.64. The van der Waals surface area contributed by atoms with Crippen LogP contribution < -0.4 is 5.32 Å². The summed E-state index contributed by atoms with van der Waals surface area (Å²) in [6.45, 7) is 1.75. The molecule has 3 aromatic rings. The van der Waals surface area contributed by atoms with Crippen LogP contribution >= 0.6 is 23.2 Å². The van der Waals surface area contributed by atoms with E-state index in [1.165, 1.54) is 0 Å². The summed E-state index contributed by atoms with van der Waals surface area (Å²) in [4.78, 5) is 4.27. The fourth-order valence-corrected chi connectivity index (χ4v) is 4.37. The van der Waals surface area contributed by atoms with Gasteiger partial charge in [-0.15, -0.1) is 0 Å². The van der Waals surface area contributed by atoms with Crippen molar-refractivity contribution in [1.82, 2.24) is 9.55 Å². The van der Waals surface area contributed by atoms with Crippen LogP contribution in [-0.4, -0.2) is 9.55 Å². The Morgan fingerprint density at radius 1 is 1.17 bits per heavy atom. The topological polar surface area (TPSA) is 29.9 Å². The maximum atomic E-state index is 14.2. The lowest BCUT2D eigenvalue weighted by atomic mass is 9.91. The lowest BCUT2D eigenvalue weighted by Crippen LogP contribution is -2.11. The van der Waals surface area contributed by atoms with Gasteiger partial charge >= 0.3 is 6.55 Å². The van der Waals surface area contributed by atoms with Crippen LogP contribution in [0.4, 0.5) is 14.5 Å². The number of hydrogen-bond donors (Lipinski definition) is 1. The quantitative estimate of drug-likeness (QED) is 0.312. The predicted molar refractivity (Wildman–Crippen MR) is 122 cm³/mol. The lowest BCUT2D eigenvalue weighted by Gasteiger charge is -2.21. The largest absolute Gasteiger partial charge is 0.379 e. The fourth-order valence-electron chi connectivity index (χ4n) is 3.80. The standard InChI is InChI=1S/C21H19Cl2F2N3.C2H6/c22-16-11-15(26-12-13-7-3-1-4-8-13)20-18(27-16)17(23)19(28(20)21(24)25)14-9-5-2-6-10-14;1-2/h1-5,7-8,11,14,21H,6,9-10,12H2,(H,26,27);1-2H3. The molecule has 3 nitrogen and oxygen atoms in total. The Bertz CT molecular complexity index is 1020. The fraction of sp³-hybridized carbons (Fsp3) is 0.348. The van der Waals surface area contributed by atoms with Gasteiger partial charge in [-0.3, -0.25) is 4.57 Å². The van der Waals surface area contributed by atoms with Gasteiger partial charge in [-0.1, -0.05) is 79.5 Å². The molecule has 0 aliphatic heterocycles. The molecule has 160 valence electrons. The molecule has 7 heteroatoms. The average molecular weight is 452 g/mol. The Morgan fingerprint density at radius 3 is 2.53 bits per heavy atom. The average Bonchev–Trinajstić information content (AvgIpc) is 3.07. The summed E-state index contributed by atoms with van der Waals surface area (Å²) in [5, 5.41) is 3.71. The van der Waals surface area contributed by atoms with Crippen LogP contribution in [0.5, 0.6) is 0 Å². The van der Waals surface area contributed by atoms with Gasteiger partial charge in [-0.25, -0.2) is 4.98 Å². The lowest BCUT2D eigenvalue weighted by molar-refractivity contribution is 0.0710. The third-order valence-electron chi connectivity index (χ3n) is 5.07. The molecule has 0 radical (unpaired) electrons. The third kappa shape index (κ3) is 4.62. The van der Waals surface area contributed by atoms with E-state index in [1.807, 2.05) is 50.3 Å². The molecule has 0 spiro atoms. The van der Waals surface area contributed by atoms with Crippen molar-refractivity contribution in [3.05, 3.63) is 70.0 Å². The van der Waals surface area contributed by atoms with Gasteiger partial charge in [0.15, 0.2) is 0 Å². The first-order valence-electron chi connectivity index (χ1n) is 10.2. The molecule has 2 heterocycles. The molecule has 1 aliphatic rings. The number of halogens is 4. The van der Waals surface area contributed by atoms with Crippen molar-refractivity contribution >= 4 is 39.9 Å². The highest BCUT2D eigenvalue weighted by molar-refractivity contribution is 6.37. The van der Waals surface area contributed by atoms with Crippen LogP contribution in [0.1, 0.15) is 56.8 Å². The number of anilines is 1. The van der Waals surface area contributed by atoms with Gasteiger partial charge in [-0.05, 0) is 24.8 Å². The number of hydrogen-bond acceptors (Lipinski definition) is 2. The van der Waals surface area contributed by atoms with Crippen molar-refractivity contribution in [2.45, 2.75) is 52.1 Å². The number of fused-ring (bicyclic) bond motifs is 1. The van der Waals surface area contributed by atoms with Crippen molar-refractivity contribution in [2.24, 2.45) is 0 Å². The Morgan fingerprint density at radius 2 is 1.90 bits per heavy atom. The molecule has 2 aromatic heterocycles. The highest BCUT2D eigenvalue weighted by Gasteiger charge is 2.29. The Balaban J connectivity index is 0.00000124. The summed E-state index contributed by atoms with van der Waals surface area (Å²) in [7, 11) is 0. The first-order chi connectivity index (χ1) is 14.6. The normalized spacial score (nSPS) is 15.9. The van der Waals surface area contributed by atoms with E-state index >= 15 is 0 Å². The monoisotopic (exact) mass is 451 g/mol. The number of nitrogens with zero attached hydrogens (tertiary/aromatic N) is 2. The highest BCUT2D eigenvalue weighted by Crippen LogP contribution is 2.44. The smallest absolute Gasteiger partial charge is 0.319 e. The van der Waals surface area contributed by atoms with Crippen molar-refractivity contribution in [2.75, 3.05) is 5.32 Å². The summed E-state index contributed by atoms with van der Waals surface area (Å²) in [5.74, 6) is -0.0681. The van der Waals surface area contributed by atoms with Crippen LogP contribution in [-0.2, 0) is 6.54 Å². The molecule has 0 fully saturated rings. The first kappa shape index (κ1) is 22.6. The summed E-state index contributed by atoms with van der Waals surface area (Å²) < 4.78 is 29.4. The second-order valence-electron chi connectivity index (χ2n) is 6.86. The Hall–Kier alpha value is -2.11. The summed E-state index contributed by atoms with van der Waals surface area (Å²) >= 11 is 12.8. The number of pyridine rings is 1. The van der Waals surface area contributed by atoms with Crippen molar-refractivity contribution < 1.29 is 8.78 Å². The van der Waals surface area contributed by atoms with Gasteiger partial charge in [0.05, 0.1) is 16.2 Å². The number of aromatic nitrogens is 2. The van der Waals surface area contributed by atoms with Crippen molar-refractivity contribution in [3.63, 3.8) is 0 Å². The number of benzene rings is 1. The molecule has 1 aliphatic carbocycles. The summed E-state index contributed by atoms with van der Waals surface area (Å²) in [6, 6.07) is 11.3. The zero-order valence-corrected chi connectivity index (χ0v) is 18.5. The van der Waals surface area contributed by atoms with E-state index in [-0.39, 0.29) is 16.1 Å². The molecule has 0 saturated carbocycles. The Kier molecular flexibility index (Phi) is 7.73. The van der Waals surface area contributed by atoms with E-state index in [0.717, 1.165) is 23.0 Å². The molecule has 4 rings (SSSR count). The van der Waals surface area contributed by atoms with Gasteiger partial charge in [0.1, 0.15) is 10.7 Å². The van der Waals surface area contributed by atoms with Gasteiger partial charge < -0.3 is 5.32 Å². The SMILES string of the molecule is CC.FC(F)n1c(C2CC=CCC2)c(Cl)c2nc(Cl)cc(NCc3ccccc3)c21. The van der Waals surface area contributed by atoms with E-state index in [0.29, 0.717) is 35.4 Å². The highest BCUT2D eigenvalue weighted by atomic mass is 35.5. The van der Waals surface area contributed by atoms with Crippen molar-refractivity contribution in [1.29, 1.82) is 0 Å². The van der Waals surface area contributed by atoms with E-state index in [1.54, 1.807) is 6.07 Å². The zero-order valence-electron chi connectivity index (χ0n) is 17.0. The number of nitrogens with one attached hydrogen (secondary N) is 1. The van der Waals surface area contributed by atoms with E-state index < -0.39 is 6.55 Å². The summed E-state index contributed by atoms with van der Waals surface area (Å²) in [6.07, 6.45) is 6.40. The van der Waals surface area contributed by atoms with Crippen LogP contribution in [0.3, 0.4) is 0 Å². The molecular formula is C23H25Cl2F2N3. The minimum absolute atomic E-state index is 0.0681. The second-order valence-corrected chi connectivity index (χ2v) is 7.62. The molecule has 1 N–H and O–H groups in total. The van der Waals surface area contributed by atoms with Gasteiger partial charge in [-0.2, -0.15) is 8.78 Å². The molecule has 0 bridgehead atoms. The summed E-state index contributed by atoms with van der Waals surface area (Å²) in [5.41, 5.74) is 2.58. The Labute approximate surface area is 185 Å².